The number of fused-ring (bicyclic) bond motifs is 1. The van der Waals surface area contributed by atoms with E-state index in [0.29, 0.717) is 0 Å². The third-order valence-electron chi connectivity index (χ3n) is 4.89. The van der Waals surface area contributed by atoms with Gasteiger partial charge in [0.05, 0.1) is 12.6 Å². The predicted molar refractivity (Wildman–Crippen MR) is 107 cm³/mol. The van der Waals surface area contributed by atoms with Gasteiger partial charge in [-0.05, 0) is 48.6 Å². The average Bonchev–Trinajstić information content (AvgIpc) is 2.65. The standard InChI is InChI=1S/C21H26N2O2.ClH/c1-14(15(2)22)21(24)23-20(16-7-4-3-5-8-16)18-10-11-19-17(13-18)9-6-12-25-19;/h3-5,7-8,10-11,13-15,20H,6,9,12,22H2,1-2H3,(H,23,24);1H. The van der Waals surface area contributed by atoms with Crippen LogP contribution in [0, 0.1) is 5.92 Å². The first-order valence-electron chi connectivity index (χ1n) is 8.93. The van der Waals surface area contributed by atoms with Crippen LogP contribution in [0.3, 0.4) is 0 Å². The van der Waals surface area contributed by atoms with Gasteiger partial charge < -0.3 is 15.8 Å². The van der Waals surface area contributed by atoms with Crippen molar-refractivity contribution >= 4 is 18.3 Å². The molecule has 0 aromatic heterocycles. The molecule has 0 fully saturated rings. The van der Waals surface area contributed by atoms with E-state index in [0.717, 1.165) is 36.3 Å². The molecule has 4 nitrogen and oxygen atoms in total. The van der Waals surface area contributed by atoms with Crippen LogP contribution in [0.1, 0.15) is 43.0 Å². The zero-order chi connectivity index (χ0) is 17.8. The Bertz CT molecular complexity index is 734. The Morgan fingerprint density at radius 2 is 1.85 bits per heavy atom. The van der Waals surface area contributed by atoms with Crippen LogP contribution in [-0.2, 0) is 11.2 Å². The highest BCUT2D eigenvalue weighted by Gasteiger charge is 2.23. The van der Waals surface area contributed by atoms with Crippen LogP contribution in [0.4, 0.5) is 0 Å². The first-order valence-corrected chi connectivity index (χ1v) is 8.93. The van der Waals surface area contributed by atoms with Crippen molar-refractivity contribution in [1.29, 1.82) is 0 Å². The van der Waals surface area contributed by atoms with Crippen molar-refractivity contribution < 1.29 is 9.53 Å². The van der Waals surface area contributed by atoms with Crippen molar-refractivity contribution in [2.75, 3.05) is 6.61 Å². The number of carbonyl (C=O) groups is 1. The van der Waals surface area contributed by atoms with Crippen LogP contribution < -0.4 is 15.8 Å². The van der Waals surface area contributed by atoms with Gasteiger partial charge >= 0.3 is 0 Å². The van der Waals surface area contributed by atoms with E-state index in [1.807, 2.05) is 56.3 Å². The summed E-state index contributed by atoms with van der Waals surface area (Å²) in [5, 5.41) is 3.18. The number of hydrogen-bond acceptors (Lipinski definition) is 3. The van der Waals surface area contributed by atoms with Gasteiger partial charge in [-0.25, -0.2) is 0 Å². The number of benzene rings is 2. The second-order valence-corrected chi connectivity index (χ2v) is 6.82. The maximum Gasteiger partial charge on any atom is 0.225 e. The van der Waals surface area contributed by atoms with E-state index in [9.17, 15) is 4.79 Å². The zero-order valence-corrected chi connectivity index (χ0v) is 16.1. The lowest BCUT2D eigenvalue weighted by Crippen LogP contribution is -2.40. The van der Waals surface area contributed by atoms with Crippen molar-refractivity contribution in [3.05, 3.63) is 65.2 Å². The Morgan fingerprint density at radius 3 is 2.54 bits per heavy atom. The maximum atomic E-state index is 12.6. The molecule has 0 saturated carbocycles. The summed E-state index contributed by atoms with van der Waals surface area (Å²) in [5.41, 5.74) is 9.24. The topological polar surface area (TPSA) is 64.4 Å². The number of halogens is 1. The molecule has 1 aliphatic rings. The Balaban J connectivity index is 0.00000243. The Kier molecular flexibility index (Phi) is 7.06. The molecule has 2 aromatic rings. The molecule has 0 aliphatic carbocycles. The molecule has 140 valence electrons. The molecule has 26 heavy (non-hydrogen) atoms. The van der Waals surface area contributed by atoms with Crippen LogP contribution in [0.15, 0.2) is 48.5 Å². The van der Waals surface area contributed by atoms with Gasteiger partial charge in [0.1, 0.15) is 5.75 Å². The second-order valence-electron chi connectivity index (χ2n) is 6.82. The van der Waals surface area contributed by atoms with Crippen molar-refractivity contribution in [1.82, 2.24) is 5.32 Å². The van der Waals surface area contributed by atoms with Gasteiger partial charge in [0.25, 0.3) is 0 Å². The van der Waals surface area contributed by atoms with Gasteiger partial charge in [0.15, 0.2) is 0 Å². The lowest BCUT2D eigenvalue weighted by atomic mass is 9.93. The summed E-state index contributed by atoms with van der Waals surface area (Å²) >= 11 is 0. The van der Waals surface area contributed by atoms with Crippen molar-refractivity contribution in [2.45, 2.75) is 38.8 Å². The van der Waals surface area contributed by atoms with Crippen LogP contribution in [0.2, 0.25) is 0 Å². The molecule has 3 atom stereocenters. The number of rotatable bonds is 5. The van der Waals surface area contributed by atoms with Crippen LogP contribution in [0.5, 0.6) is 5.75 Å². The molecular weight excluding hydrogens is 348 g/mol. The zero-order valence-electron chi connectivity index (χ0n) is 15.3. The number of nitrogens with one attached hydrogen (secondary N) is 1. The molecule has 1 amide bonds. The summed E-state index contributed by atoms with van der Waals surface area (Å²) in [6.45, 7) is 4.50. The van der Waals surface area contributed by atoms with Crippen molar-refractivity contribution in [3.63, 3.8) is 0 Å². The summed E-state index contributed by atoms with van der Waals surface area (Å²) in [5.74, 6) is 0.682. The van der Waals surface area contributed by atoms with Gasteiger partial charge in [0, 0.05) is 12.0 Å². The molecule has 2 aromatic carbocycles. The minimum Gasteiger partial charge on any atom is -0.493 e. The molecule has 0 saturated heterocycles. The van der Waals surface area contributed by atoms with Crippen LogP contribution in [0.25, 0.3) is 0 Å². The highest BCUT2D eigenvalue weighted by molar-refractivity contribution is 5.85. The number of hydrogen-bond donors (Lipinski definition) is 2. The fraction of sp³-hybridized carbons (Fsp3) is 0.381. The fourth-order valence-electron chi connectivity index (χ4n) is 3.08. The highest BCUT2D eigenvalue weighted by Crippen LogP contribution is 2.30. The lowest BCUT2D eigenvalue weighted by molar-refractivity contribution is -0.125. The van der Waals surface area contributed by atoms with Gasteiger partial charge in [-0.3, -0.25) is 4.79 Å². The normalized spacial score (nSPS) is 16.3. The van der Waals surface area contributed by atoms with Crippen molar-refractivity contribution in [2.24, 2.45) is 11.7 Å². The number of amides is 1. The number of nitrogens with two attached hydrogens (primary N) is 1. The molecule has 3 rings (SSSR count). The second kappa shape index (κ2) is 9.06. The van der Waals surface area contributed by atoms with Crippen LogP contribution >= 0.6 is 12.4 Å². The summed E-state index contributed by atoms with van der Waals surface area (Å²) in [7, 11) is 0. The van der Waals surface area contributed by atoms with Crippen LogP contribution in [-0.4, -0.2) is 18.6 Å². The highest BCUT2D eigenvalue weighted by atomic mass is 35.5. The van der Waals surface area contributed by atoms with E-state index in [2.05, 4.69) is 11.4 Å². The number of aryl methyl sites for hydroxylation is 1. The molecule has 5 heteroatoms. The van der Waals surface area contributed by atoms with E-state index >= 15 is 0 Å². The van der Waals surface area contributed by atoms with Gasteiger partial charge in [-0.1, -0.05) is 43.3 Å². The monoisotopic (exact) mass is 374 g/mol. The third kappa shape index (κ3) is 4.57. The first kappa shape index (κ1) is 20.3. The van der Waals surface area contributed by atoms with E-state index < -0.39 is 0 Å². The molecule has 0 spiro atoms. The summed E-state index contributed by atoms with van der Waals surface area (Å²) in [4.78, 5) is 12.6. The van der Waals surface area contributed by atoms with Gasteiger partial charge in [-0.2, -0.15) is 0 Å². The average molecular weight is 375 g/mol. The first-order chi connectivity index (χ1) is 12.1. The molecule has 0 radical (unpaired) electrons. The van der Waals surface area contributed by atoms with E-state index in [-0.39, 0.29) is 36.3 Å². The molecule has 1 heterocycles. The Hall–Kier alpha value is -2.04. The molecule has 1 aliphatic heterocycles. The minimum atomic E-state index is -0.243. The number of ether oxygens (including phenoxy) is 1. The molecule has 3 unspecified atom stereocenters. The lowest BCUT2D eigenvalue weighted by Gasteiger charge is -2.25. The Morgan fingerprint density at radius 1 is 1.12 bits per heavy atom. The fourth-order valence-corrected chi connectivity index (χ4v) is 3.08. The largest absolute Gasteiger partial charge is 0.493 e. The SMILES string of the molecule is CC(N)C(C)C(=O)NC(c1ccccc1)c1ccc2c(c1)CCCO2.Cl. The van der Waals surface area contributed by atoms with E-state index in [4.69, 9.17) is 10.5 Å². The smallest absolute Gasteiger partial charge is 0.225 e. The van der Waals surface area contributed by atoms with E-state index in [1.165, 1.54) is 5.56 Å². The summed E-state index contributed by atoms with van der Waals surface area (Å²) in [6, 6.07) is 15.9. The Labute approximate surface area is 161 Å². The molecular formula is C21H27ClN2O2. The van der Waals surface area contributed by atoms with Gasteiger partial charge in [0.2, 0.25) is 5.91 Å². The molecule has 3 N–H and O–H groups in total. The third-order valence-corrected chi connectivity index (χ3v) is 4.89. The quantitative estimate of drug-likeness (QED) is 0.840. The summed E-state index contributed by atoms with van der Waals surface area (Å²) in [6.07, 6.45) is 2.04. The van der Waals surface area contributed by atoms with Crippen molar-refractivity contribution in [3.8, 4) is 5.75 Å². The van der Waals surface area contributed by atoms with Gasteiger partial charge in [-0.15, -0.1) is 12.4 Å². The molecule has 0 bridgehead atoms. The minimum absolute atomic E-state index is 0. The summed E-state index contributed by atoms with van der Waals surface area (Å²) < 4.78 is 5.71. The van der Waals surface area contributed by atoms with E-state index in [1.54, 1.807) is 0 Å². The maximum absolute atomic E-state index is 12.6. The predicted octanol–water partition coefficient (Wildman–Crippen LogP) is 3.62. The number of carbonyl (C=O) groups excluding carboxylic acids is 1.